The number of hydrogen-bond acceptors (Lipinski definition) is 2. The lowest BCUT2D eigenvalue weighted by molar-refractivity contribution is 0.241. The van der Waals surface area contributed by atoms with Gasteiger partial charge in [0.2, 0.25) is 0 Å². The molecular formula is C13H20ClNO. The fourth-order valence-corrected chi connectivity index (χ4v) is 1.58. The highest BCUT2D eigenvalue weighted by Crippen LogP contribution is 2.29. The van der Waals surface area contributed by atoms with E-state index in [9.17, 15) is 0 Å². The van der Waals surface area contributed by atoms with Crippen LogP contribution in [-0.4, -0.2) is 6.61 Å². The Hall–Kier alpha value is -0.730. The van der Waals surface area contributed by atoms with E-state index in [0.717, 1.165) is 17.7 Å². The standard InChI is InChI=1S/C13H20ClNO/c1-13(2,3)7-8-16-12-10(9-15)5-4-6-11(12)14/h4-6H,7-9,15H2,1-3H3. The molecule has 1 rings (SSSR count). The van der Waals surface area contributed by atoms with Gasteiger partial charge in [-0.05, 0) is 17.9 Å². The molecular weight excluding hydrogens is 222 g/mol. The van der Waals surface area contributed by atoms with Crippen LogP contribution in [0.3, 0.4) is 0 Å². The van der Waals surface area contributed by atoms with Gasteiger partial charge in [-0.15, -0.1) is 0 Å². The Labute approximate surface area is 103 Å². The third kappa shape index (κ3) is 4.03. The lowest BCUT2D eigenvalue weighted by Crippen LogP contribution is -2.12. The Morgan fingerprint density at radius 2 is 2.00 bits per heavy atom. The van der Waals surface area contributed by atoms with Crippen LogP contribution < -0.4 is 10.5 Å². The minimum absolute atomic E-state index is 0.268. The Morgan fingerprint density at radius 1 is 1.31 bits per heavy atom. The summed E-state index contributed by atoms with van der Waals surface area (Å²) < 4.78 is 5.72. The number of para-hydroxylation sites is 1. The van der Waals surface area contributed by atoms with Gasteiger partial charge in [0.15, 0.2) is 0 Å². The van der Waals surface area contributed by atoms with Crippen LogP contribution in [0, 0.1) is 5.41 Å². The third-order valence-electron chi connectivity index (χ3n) is 2.37. The molecule has 2 N–H and O–H groups in total. The minimum atomic E-state index is 0.268. The van der Waals surface area contributed by atoms with E-state index in [2.05, 4.69) is 20.8 Å². The predicted molar refractivity (Wildman–Crippen MR) is 68.9 cm³/mol. The molecule has 16 heavy (non-hydrogen) atoms. The van der Waals surface area contributed by atoms with E-state index in [-0.39, 0.29) is 5.41 Å². The summed E-state index contributed by atoms with van der Waals surface area (Å²) in [7, 11) is 0. The number of hydrogen-bond donors (Lipinski definition) is 1. The Kier molecular flexibility index (Phi) is 4.63. The number of ether oxygens (including phenoxy) is 1. The van der Waals surface area contributed by atoms with Crippen molar-refractivity contribution in [3.05, 3.63) is 28.8 Å². The first-order valence-corrected chi connectivity index (χ1v) is 5.92. The van der Waals surface area contributed by atoms with Gasteiger partial charge < -0.3 is 10.5 Å². The van der Waals surface area contributed by atoms with Crippen LogP contribution >= 0.6 is 11.6 Å². The van der Waals surface area contributed by atoms with Crippen molar-refractivity contribution in [2.24, 2.45) is 11.1 Å². The van der Waals surface area contributed by atoms with Crippen LogP contribution in [0.5, 0.6) is 5.75 Å². The Bertz CT molecular complexity index is 344. The smallest absolute Gasteiger partial charge is 0.142 e. The summed E-state index contributed by atoms with van der Waals surface area (Å²) in [6.07, 6.45) is 0.988. The van der Waals surface area contributed by atoms with E-state index in [0.29, 0.717) is 18.2 Å². The molecule has 0 atom stereocenters. The molecule has 0 aliphatic heterocycles. The SMILES string of the molecule is CC(C)(C)CCOc1c(Cl)cccc1CN. The Morgan fingerprint density at radius 3 is 2.56 bits per heavy atom. The van der Waals surface area contributed by atoms with Gasteiger partial charge in [0.05, 0.1) is 11.6 Å². The van der Waals surface area contributed by atoms with Crippen molar-refractivity contribution >= 4 is 11.6 Å². The van der Waals surface area contributed by atoms with Crippen LogP contribution in [0.2, 0.25) is 5.02 Å². The Balaban J connectivity index is 2.66. The molecule has 1 aromatic carbocycles. The second-order valence-corrected chi connectivity index (χ2v) is 5.50. The van der Waals surface area contributed by atoms with Crippen molar-refractivity contribution in [2.45, 2.75) is 33.7 Å². The van der Waals surface area contributed by atoms with Gasteiger partial charge >= 0.3 is 0 Å². The van der Waals surface area contributed by atoms with Crippen molar-refractivity contribution in [1.29, 1.82) is 0 Å². The molecule has 0 aliphatic rings. The van der Waals surface area contributed by atoms with Crippen LogP contribution in [0.15, 0.2) is 18.2 Å². The fraction of sp³-hybridized carbons (Fsp3) is 0.538. The molecule has 1 aromatic rings. The first-order valence-electron chi connectivity index (χ1n) is 5.54. The molecule has 0 aromatic heterocycles. The molecule has 0 spiro atoms. The van der Waals surface area contributed by atoms with Crippen LogP contribution in [0.4, 0.5) is 0 Å². The zero-order chi connectivity index (χ0) is 12.2. The van der Waals surface area contributed by atoms with E-state index in [4.69, 9.17) is 22.1 Å². The van der Waals surface area contributed by atoms with Crippen LogP contribution in [0.25, 0.3) is 0 Å². The van der Waals surface area contributed by atoms with Crippen LogP contribution in [0.1, 0.15) is 32.8 Å². The van der Waals surface area contributed by atoms with E-state index < -0.39 is 0 Å². The van der Waals surface area contributed by atoms with Gasteiger partial charge in [0.25, 0.3) is 0 Å². The second-order valence-electron chi connectivity index (χ2n) is 5.09. The zero-order valence-electron chi connectivity index (χ0n) is 10.2. The maximum atomic E-state index is 6.08. The summed E-state index contributed by atoms with van der Waals surface area (Å²) in [6, 6.07) is 5.66. The first kappa shape index (κ1) is 13.3. The topological polar surface area (TPSA) is 35.2 Å². The van der Waals surface area contributed by atoms with E-state index >= 15 is 0 Å². The molecule has 90 valence electrons. The quantitative estimate of drug-likeness (QED) is 0.874. The highest BCUT2D eigenvalue weighted by atomic mass is 35.5. The average Bonchev–Trinajstić information content (AvgIpc) is 2.18. The summed E-state index contributed by atoms with van der Waals surface area (Å²) in [6.45, 7) is 7.68. The van der Waals surface area contributed by atoms with Crippen molar-refractivity contribution in [3.8, 4) is 5.75 Å². The predicted octanol–water partition coefficient (Wildman–Crippen LogP) is 3.61. The summed E-state index contributed by atoms with van der Waals surface area (Å²) in [5.41, 5.74) is 6.87. The van der Waals surface area contributed by atoms with Gasteiger partial charge in [0.1, 0.15) is 5.75 Å². The van der Waals surface area contributed by atoms with Gasteiger partial charge in [-0.3, -0.25) is 0 Å². The molecule has 0 saturated heterocycles. The molecule has 0 saturated carbocycles. The maximum absolute atomic E-state index is 6.08. The molecule has 2 nitrogen and oxygen atoms in total. The van der Waals surface area contributed by atoms with Gasteiger partial charge in [-0.2, -0.15) is 0 Å². The molecule has 0 fully saturated rings. The van der Waals surface area contributed by atoms with Gasteiger partial charge in [-0.25, -0.2) is 0 Å². The lowest BCUT2D eigenvalue weighted by Gasteiger charge is -2.19. The summed E-state index contributed by atoms with van der Waals surface area (Å²) in [5, 5.41) is 0.636. The molecule has 0 aliphatic carbocycles. The third-order valence-corrected chi connectivity index (χ3v) is 2.66. The molecule has 0 amide bonds. The van der Waals surface area contributed by atoms with E-state index in [1.807, 2.05) is 18.2 Å². The number of nitrogens with two attached hydrogens (primary N) is 1. The minimum Gasteiger partial charge on any atom is -0.492 e. The fourth-order valence-electron chi connectivity index (χ4n) is 1.34. The molecule has 0 heterocycles. The molecule has 3 heteroatoms. The summed E-state index contributed by atoms with van der Waals surface area (Å²) >= 11 is 6.08. The molecule has 0 unspecified atom stereocenters. The van der Waals surface area contributed by atoms with Crippen molar-refractivity contribution in [3.63, 3.8) is 0 Å². The highest BCUT2D eigenvalue weighted by Gasteiger charge is 2.12. The largest absolute Gasteiger partial charge is 0.492 e. The normalized spacial score (nSPS) is 11.6. The lowest BCUT2D eigenvalue weighted by atomic mass is 9.93. The summed E-state index contributed by atoms with van der Waals surface area (Å²) in [5.74, 6) is 0.732. The number of halogens is 1. The van der Waals surface area contributed by atoms with Crippen molar-refractivity contribution in [2.75, 3.05) is 6.61 Å². The number of benzene rings is 1. The highest BCUT2D eigenvalue weighted by molar-refractivity contribution is 6.32. The molecule has 0 radical (unpaired) electrons. The number of rotatable bonds is 4. The van der Waals surface area contributed by atoms with E-state index in [1.54, 1.807) is 0 Å². The molecule has 0 bridgehead atoms. The summed E-state index contributed by atoms with van der Waals surface area (Å²) in [4.78, 5) is 0. The first-order chi connectivity index (χ1) is 7.44. The van der Waals surface area contributed by atoms with Crippen LogP contribution in [-0.2, 0) is 6.54 Å². The van der Waals surface area contributed by atoms with Gasteiger partial charge in [-0.1, -0.05) is 44.5 Å². The zero-order valence-corrected chi connectivity index (χ0v) is 11.0. The van der Waals surface area contributed by atoms with Gasteiger partial charge in [0, 0.05) is 12.1 Å². The maximum Gasteiger partial charge on any atom is 0.142 e. The van der Waals surface area contributed by atoms with E-state index in [1.165, 1.54) is 0 Å². The monoisotopic (exact) mass is 241 g/mol. The van der Waals surface area contributed by atoms with Crippen molar-refractivity contribution in [1.82, 2.24) is 0 Å². The van der Waals surface area contributed by atoms with Crippen molar-refractivity contribution < 1.29 is 4.74 Å². The average molecular weight is 242 g/mol. The second kappa shape index (κ2) is 5.55.